The Morgan fingerprint density at radius 2 is 2.27 bits per heavy atom. The maximum Gasteiger partial charge on any atom is 0.138 e. The minimum atomic E-state index is 0.430. The van der Waals surface area contributed by atoms with Crippen LogP contribution in [0.3, 0.4) is 0 Å². The van der Waals surface area contributed by atoms with Crippen molar-refractivity contribution >= 4 is 23.1 Å². The molecule has 1 aliphatic carbocycles. The van der Waals surface area contributed by atoms with Crippen molar-refractivity contribution in [1.82, 2.24) is 9.38 Å². The molecule has 3 nitrogen and oxygen atoms in total. The molecule has 3 rings (SSSR count). The molecule has 2 N–H and O–H groups in total. The number of alkyl halides is 1. The van der Waals surface area contributed by atoms with Crippen molar-refractivity contribution in [3.8, 4) is 0 Å². The summed E-state index contributed by atoms with van der Waals surface area (Å²) in [6.45, 7) is 0. The summed E-state index contributed by atoms with van der Waals surface area (Å²) in [6, 6.07) is 4.10. The molecular weight excluding hydrogens is 210 g/mol. The third-order valence-corrected chi connectivity index (χ3v) is 3.18. The first-order chi connectivity index (χ1) is 7.29. The van der Waals surface area contributed by atoms with Gasteiger partial charge in [-0.25, -0.2) is 4.98 Å². The molecule has 0 saturated heterocycles. The molecule has 0 spiro atoms. The monoisotopic (exact) mass is 221 g/mol. The van der Waals surface area contributed by atoms with Crippen molar-refractivity contribution in [2.24, 2.45) is 0 Å². The first-order valence-electron chi connectivity index (χ1n) is 5.12. The summed E-state index contributed by atoms with van der Waals surface area (Å²) in [6.07, 6.45) is 4.43. The number of fused-ring (bicyclic) bond motifs is 1. The number of pyridine rings is 1. The number of nitrogens with zero attached hydrogens (tertiary/aromatic N) is 2. The highest BCUT2D eigenvalue weighted by molar-refractivity contribution is 6.16. The van der Waals surface area contributed by atoms with Gasteiger partial charge in [-0.1, -0.05) is 6.07 Å². The molecule has 2 aromatic heterocycles. The molecule has 0 bridgehead atoms. The molecule has 15 heavy (non-hydrogen) atoms. The van der Waals surface area contributed by atoms with E-state index in [0.717, 1.165) is 17.2 Å². The average Bonchev–Trinajstić information content (AvgIpc) is 2.97. The number of anilines is 1. The van der Waals surface area contributed by atoms with Crippen molar-refractivity contribution < 1.29 is 0 Å². The number of nitrogen functional groups attached to an aromatic ring is 1. The number of hydrogen-bond donors (Lipinski definition) is 1. The predicted molar refractivity (Wildman–Crippen MR) is 61.1 cm³/mol. The quantitative estimate of drug-likeness (QED) is 0.792. The van der Waals surface area contributed by atoms with E-state index < -0.39 is 0 Å². The molecule has 0 unspecified atom stereocenters. The van der Waals surface area contributed by atoms with Gasteiger partial charge in [0, 0.05) is 6.20 Å². The van der Waals surface area contributed by atoms with E-state index in [1.165, 1.54) is 18.4 Å². The van der Waals surface area contributed by atoms with Gasteiger partial charge in [-0.2, -0.15) is 0 Å². The van der Waals surface area contributed by atoms with E-state index in [9.17, 15) is 0 Å². The van der Waals surface area contributed by atoms with E-state index in [2.05, 4.69) is 11.1 Å². The largest absolute Gasteiger partial charge is 0.385 e. The summed E-state index contributed by atoms with van der Waals surface area (Å²) < 4.78 is 1.94. The Morgan fingerprint density at radius 3 is 2.93 bits per heavy atom. The lowest BCUT2D eigenvalue weighted by molar-refractivity contribution is 1.07. The van der Waals surface area contributed by atoms with Crippen LogP contribution in [-0.2, 0) is 5.88 Å². The molecule has 1 saturated carbocycles. The SMILES string of the molecule is Nc1c(C2CC2)ccc2nc(CCl)cn12. The maximum absolute atomic E-state index is 6.11. The zero-order chi connectivity index (χ0) is 10.4. The zero-order valence-corrected chi connectivity index (χ0v) is 9.04. The second kappa shape index (κ2) is 3.14. The fraction of sp³-hybridized carbons (Fsp3) is 0.364. The Bertz CT molecular complexity index is 514. The smallest absolute Gasteiger partial charge is 0.138 e. The van der Waals surface area contributed by atoms with Crippen LogP contribution in [0.15, 0.2) is 18.3 Å². The minimum Gasteiger partial charge on any atom is -0.385 e. The van der Waals surface area contributed by atoms with Crippen molar-refractivity contribution in [1.29, 1.82) is 0 Å². The highest BCUT2D eigenvalue weighted by Crippen LogP contribution is 2.42. The van der Waals surface area contributed by atoms with E-state index in [1.807, 2.05) is 16.7 Å². The second-order valence-electron chi connectivity index (χ2n) is 4.04. The third kappa shape index (κ3) is 1.38. The van der Waals surface area contributed by atoms with E-state index in [1.54, 1.807) is 0 Å². The Hall–Kier alpha value is -1.22. The van der Waals surface area contributed by atoms with Crippen LogP contribution in [0.2, 0.25) is 0 Å². The average molecular weight is 222 g/mol. The topological polar surface area (TPSA) is 43.3 Å². The highest BCUT2D eigenvalue weighted by Gasteiger charge is 2.26. The molecular formula is C11H12ClN3. The summed E-state index contributed by atoms with van der Waals surface area (Å²) >= 11 is 5.75. The molecule has 4 heteroatoms. The van der Waals surface area contributed by atoms with Gasteiger partial charge in [0.25, 0.3) is 0 Å². The number of imidazole rings is 1. The van der Waals surface area contributed by atoms with Crippen LogP contribution in [0.5, 0.6) is 0 Å². The highest BCUT2D eigenvalue weighted by atomic mass is 35.5. The molecule has 2 heterocycles. The molecule has 1 aliphatic rings. The summed E-state index contributed by atoms with van der Waals surface area (Å²) in [5.74, 6) is 1.91. The van der Waals surface area contributed by atoms with Crippen molar-refractivity contribution in [2.75, 3.05) is 5.73 Å². The van der Waals surface area contributed by atoms with Crippen LogP contribution in [-0.4, -0.2) is 9.38 Å². The van der Waals surface area contributed by atoms with E-state index >= 15 is 0 Å². The van der Waals surface area contributed by atoms with Crippen LogP contribution >= 0.6 is 11.6 Å². The fourth-order valence-electron chi connectivity index (χ4n) is 1.95. The van der Waals surface area contributed by atoms with Crippen molar-refractivity contribution in [3.05, 3.63) is 29.6 Å². The summed E-state index contributed by atoms with van der Waals surface area (Å²) in [4.78, 5) is 4.36. The van der Waals surface area contributed by atoms with Gasteiger partial charge >= 0.3 is 0 Å². The Kier molecular flexibility index (Phi) is 1.89. The Morgan fingerprint density at radius 1 is 1.47 bits per heavy atom. The lowest BCUT2D eigenvalue weighted by Crippen LogP contribution is -2.00. The van der Waals surface area contributed by atoms with Crippen LogP contribution in [0.4, 0.5) is 5.82 Å². The van der Waals surface area contributed by atoms with Crippen LogP contribution in [0.1, 0.15) is 30.0 Å². The third-order valence-electron chi connectivity index (χ3n) is 2.90. The van der Waals surface area contributed by atoms with E-state index in [-0.39, 0.29) is 0 Å². The van der Waals surface area contributed by atoms with Gasteiger partial charge in [0.1, 0.15) is 11.5 Å². The van der Waals surface area contributed by atoms with Gasteiger partial charge in [0.2, 0.25) is 0 Å². The molecule has 1 fully saturated rings. The number of halogens is 1. The molecule has 78 valence electrons. The van der Waals surface area contributed by atoms with Crippen LogP contribution in [0, 0.1) is 0 Å². The van der Waals surface area contributed by atoms with Gasteiger partial charge in [0.05, 0.1) is 11.6 Å². The molecule has 0 amide bonds. The van der Waals surface area contributed by atoms with Gasteiger partial charge in [-0.05, 0) is 30.4 Å². The molecule has 0 radical (unpaired) electrons. The van der Waals surface area contributed by atoms with Crippen molar-refractivity contribution in [2.45, 2.75) is 24.6 Å². The number of rotatable bonds is 2. The van der Waals surface area contributed by atoms with Crippen molar-refractivity contribution in [3.63, 3.8) is 0 Å². The standard InChI is InChI=1S/C11H12ClN3/c12-5-8-6-15-10(14-8)4-3-9(11(15)13)7-1-2-7/h3-4,6-7H,1-2,5,13H2. The fourth-order valence-corrected chi connectivity index (χ4v) is 2.08. The number of nitrogens with two attached hydrogens (primary N) is 1. The molecule has 0 atom stereocenters. The van der Waals surface area contributed by atoms with Gasteiger partial charge < -0.3 is 5.73 Å². The first kappa shape index (κ1) is 9.04. The lowest BCUT2D eigenvalue weighted by Gasteiger charge is -2.05. The van der Waals surface area contributed by atoms with Crippen LogP contribution < -0.4 is 5.73 Å². The predicted octanol–water partition coefficient (Wildman–Crippen LogP) is 2.53. The van der Waals surface area contributed by atoms with Crippen LogP contribution in [0.25, 0.3) is 5.65 Å². The molecule has 0 aliphatic heterocycles. The number of aromatic nitrogens is 2. The first-order valence-corrected chi connectivity index (χ1v) is 5.65. The van der Waals surface area contributed by atoms with Gasteiger partial charge in [-0.3, -0.25) is 4.40 Å². The summed E-state index contributed by atoms with van der Waals surface area (Å²) in [5, 5.41) is 0. The van der Waals surface area contributed by atoms with E-state index in [4.69, 9.17) is 17.3 Å². The van der Waals surface area contributed by atoms with Gasteiger partial charge in [0.15, 0.2) is 0 Å². The van der Waals surface area contributed by atoms with Gasteiger partial charge in [-0.15, -0.1) is 11.6 Å². The second-order valence-corrected chi connectivity index (χ2v) is 4.31. The summed E-state index contributed by atoms with van der Waals surface area (Å²) in [7, 11) is 0. The molecule has 0 aromatic carbocycles. The minimum absolute atomic E-state index is 0.430. The zero-order valence-electron chi connectivity index (χ0n) is 8.28. The lowest BCUT2D eigenvalue weighted by atomic mass is 10.1. The molecule has 2 aromatic rings. The normalized spacial score (nSPS) is 16.1. The Labute approximate surface area is 92.9 Å². The maximum atomic E-state index is 6.11. The summed E-state index contributed by atoms with van der Waals surface area (Å²) in [5.41, 5.74) is 9.11. The Balaban J connectivity index is 2.21. The number of hydrogen-bond acceptors (Lipinski definition) is 2. The van der Waals surface area contributed by atoms with E-state index in [0.29, 0.717) is 11.8 Å².